The standard InChI is InChI=1S/C13H21N3O2/c1-4-13(14,5-2)9-16-11(17)10-7-6-8-15-12(10)18-3/h6-8H,4-5,9,14H2,1-3H3,(H,16,17). The van der Waals surface area contributed by atoms with Gasteiger partial charge in [0.1, 0.15) is 5.56 Å². The molecule has 5 heteroatoms. The molecule has 0 atom stereocenters. The minimum atomic E-state index is -0.356. The summed E-state index contributed by atoms with van der Waals surface area (Å²) < 4.78 is 5.05. The van der Waals surface area contributed by atoms with E-state index in [2.05, 4.69) is 10.3 Å². The molecule has 0 fully saturated rings. The summed E-state index contributed by atoms with van der Waals surface area (Å²) >= 11 is 0. The van der Waals surface area contributed by atoms with Crippen LogP contribution in [0.5, 0.6) is 5.88 Å². The first-order chi connectivity index (χ1) is 8.56. The van der Waals surface area contributed by atoms with E-state index in [1.54, 1.807) is 18.3 Å². The summed E-state index contributed by atoms with van der Waals surface area (Å²) in [6.07, 6.45) is 3.21. The van der Waals surface area contributed by atoms with Gasteiger partial charge in [0.15, 0.2) is 0 Å². The van der Waals surface area contributed by atoms with E-state index >= 15 is 0 Å². The first-order valence-corrected chi connectivity index (χ1v) is 6.12. The van der Waals surface area contributed by atoms with Crippen LogP contribution in [-0.2, 0) is 0 Å². The van der Waals surface area contributed by atoms with E-state index in [1.165, 1.54) is 7.11 Å². The zero-order chi connectivity index (χ0) is 13.6. The second-order valence-electron chi connectivity index (χ2n) is 4.31. The lowest BCUT2D eigenvalue weighted by molar-refractivity contribution is 0.0938. The third-order valence-electron chi connectivity index (χ3n) is 3.22. The number of carbonyl (C=O) groups excluding carboxylic acids is 1. The maximum Gasteiger partial charge on any atom is 0.256 e. The van der Waals surface area contributed by atoms with Gasteiger partial charge in [-0.05, 0) is 25.0 Å². The van der Waals surface area contributed by atoms with Crippen LogP contribution in [0.4, 0.5) is 0 Å². The van der Waals surface area contributed by atoms with Crippen LogP contribution in [0, 0.1) is 0 Å². The summed E-state index contributed by atoms with van der Waals surface area (Å²) in [6.45, 7) is 4.47. The Morgan fingerprint density at radius 1 is 1.50 bits per heavy atom. The zero-order valence-electron chi connectivity index (χ0n) is 11.2. The predicted octanol–water partition coefficient (Wildman–Crippen LogP) is 1.34. The van der Waals surface area contributed by atoms with Crippen LogP contribution in [0.25, 0.3) is 0 Å². The van der Waals surface area contributed by atoms with Gasteiger partial charge in [-0.25, -0.2) is 4.98 Å². The molecule has 5 nitrogen and oxygen atoms in total. The molecule has 0 aliphatic heterocycles. The highest BCUT2D eigenvalue weighted by Crippen LogP contribution is 2.14. The van der Waals surface area contributed by atoms with Gasteiger partial charge in [0.25, 0.3) is 5.91 Å². The van der Waals surface area contributed by atoms with Crippen molar-refractivity contribution in [1.82, 2.24) is 10.3 Å². The highest BCUT2D eigenvalue weighted by Gasteiger charge is 2.22. The van der Waals surface area contributed by atoms with E-state index in [4.69, 9.17) is 10.5 Å². The number of nitrogens with zero attached hydrogens (tertiary/aromatic N) is 1. The van der Waals surface area contributed by atoms with Gasteiger partial charge in [-0.15, -0.1) is 0 Å². The van der Waals surface area contributed by atoms with Crippen molar-refractivity contribution < 1.29 is 9.53 Å². The minimum Gasteiger partial charge on any atom is -0.480 e. The molecule has 0 saturated heterocycles. The summed E-state index contributed by atoms with van der Waals surface area (Å²) in [7, 11) is 1.49. The lowest BCUT2D eigenvalue weighted by Crippen LogP contribution is -2.49. The largest absolute Gasteiger partial charge is 0.480 e. The summed E-state index contributed by atoms with van der Waals surface area (Å²) in [5.74, 6) is 0.113. The van der Waals surface area contributed by atoms with E-state index in [0.29, 0.717) is 18.0 Å². The number of aromatic nitrogens is 1. The number of pyridine rings is 1. The number of nitrogens with one attached hydrogen (secondary N) is 1. The Kier molecular flexibility index (Phi) is 5.09. The van der Waals surface area contributed by atoms with Crippen molar-refractivity contribution in [2.75, 3.05) is 13.7 Å². The lowest BCUT2D eigenvalue weighted by Gasteiger charge is -2.26. The number of nitrogens with two attached hydrogens (primary N) is 1. The summed E-state index contributed by atoms with van der Waals surface area (Å²) in [6, 6.07) is 3.38. The Labute approximate surface area is 108 Å². The van der Waals surface area contributed by atoms with E-state index in [0.717, 1.165) is 12.8 Å². The summed E-state index contributed by atoms with van der Waals surface area (Å²) in [5, 5.41) is 2.83. The molecule has 1 aromatic rings. The molecular formula is C13H21N3O2. The zero-order valence-corrected chi connectivity index (χ0v) is 11.2. The first kappa shape index (κ1) is 14.4. The topological polar surface area (TPSA) is 77.2 Å². The molecule has 1 rings (SSSR count). The summed E-state index contributed by atoms with van der Waals surface area (Å²) in [5.41, 5.74) is 6.20. The Morgan fingerprint density at radius 2 is 2.17 bits per heavy atom. The molecule has 0 aliphatic rings. The van der Waals surface area contributed by atoms with Crippen molar-refractivity contribution in [3.63, 3.8) is 0 Å². The molecule has 1 aromatic heterocycles. The van der Waals surface area contributed by atoms with Crippen molar-refractivity contribution in [1.29, 1.82) is 0 Å². The van der Waals surface area contributed by atoms with Gasteiger partial charge in [0.2, 0.25) is 5.88 Å². The van der Waals surface area contributed by atoms with Gasteiger partial charge in [-0.2, -0.15) is 0 Å². The predicted molar refractivity (Wildman–Crippen MR) is 70.6 cm³/mol. The molecule has 0 radical (unpaired) electrons. The minimum absolute atomic E-state index is 0.211. The Balaban J connectivity index is 2.71. The smallest absolute Gasteiger partial charge is 0.256 e. The van der Waals surface area contributed by atoms with Crippen LogP contribution in [0.1, 0.15) is 37.0 Å². The SMILES string of the molecule is CCC(N)(CC)CNC(=O)c1cccnc1OC. The van der Waals surface area contributed by atoms with Gasteiger partial charge in [0.05, 0.1) is 7.11 Å². The third kappa shape index (κ3) is 3.43. The molecule has 0 bridgehead atoms. The van der Waals surface area contributed by atoms with E-state index < -0.39 is 0 Å². The fraction of sp³-hybridized carbons (Fsp3) is 0.538. The maximum absolute atomic E-state index is 12.0. The quantitative estimate of drug-likeness (QED) is 0.799. The average Bonchev–Trinajstić information content (AvgIpc) is 2.44. The van der Waals surface area contributed by atoms with Crippen molar-refractivity contribution in [2.24, 2.45) is 5.73 Å². The molecule has 18 heavy (non-hydrogen) atoms. The molecule has 0 unspecified atom stereocenters. The second-order valence-corrected chi connectivity index (χ2v) is 4.31. The van der Waals surface area contributed by atoms with Gasteiger partial charge >= 0.3 is 0 Å². The molecule has 3 N–H and O–H groups in total. The number of methoxy groups -OCH3 is 1. The second kappa shape index (κ2) is 6.35. The number of carbonyl (C=O) groups is 1. The lowest BCUT2D eigenvalue weighted by atomic mass is 9.94. The van der Waals surface area contributed by atoms with Crippen LogP contribution in [0.15, 0.2) is 18.3 Å². The molecule has 100 valence electrons. The molecule has 1 heterocycles. The average molecular weight is 251 g/mol. The number of amides is 1. The normalized spacial score (nSPS) is 11.1. The molecule has 0 aliphatic carbocycles. The van der Waals surface area contributed by atoms with Crippen molar-refractivity contribution in [2.45, 2.75) is 32.2 Å². The van der Waals surface area contributed by atoms with Crippen LogP contribution in [0.2, 0.25) is 0 Å². The molecule has 0 saturated carbocycles. The highest BCUT2D eigenvalue weighted by atomic mass is 16.5. The van der Waals surface area contributed by atoms with E-state index in [9.17, 15) is 4.79 Å². The molecular weight excluding hydrogens is 230 g/mol. The third-order valence-corrected chi connectivity index (χ3v) is 3.22. The summed E-state index contributed by atoms with van der Waals surface area (Å²) in [4.78, 5) is 16.0. The van der Waals surface area contributed by atoms with E-state index in [-0.39, 0.29) is 11.4 Å². The van der Waals surface area contributed by atoms with Crippen molar-refractivity contribution >= 4 is 5.91 Å². The van der Waals surface area contributed by atoms with Gasteiger partial charge in [0, 0.05) is 18.3 Å². The van der Waals surface area contributed by atoms with Crippen molar-refractivity contribution in [3.05, 3.63) is 23.9 Å². The van der Waals surface area contributed by atoms with Gasteiger partial charge in [-0.1, -0.05) is 13.8 Å². The molecule has 0 aromatic carbocycles. The van der Waals surface area contributed by atoms with Crippen LogP contribution < -0.4 is 15.8 Å². The Hall–Kier alpha value is -1.62. The number of ether oxygens (including phenoxy) is 1. The fourth-order valence-corrected chi connectivity index (χ4v) is 1.58. The van der Waals surface area contributed by atoms with Crippen LogP contribution >= 0.6 is 0 Å². The Bertz CT molecular complexity index is 403. The molecule has 1 amide bonds. The highest BCUT2D eigenvalue weighted by molar-refractivity contribution is 5.96. The number of hydrogen-bond donors (Lipinski definition) is 2. The number of hydrogen-bond acceptors (Lipinski definition) is 4. The fourth-order valence-electron chi connectivity index (χ4n) is 1.58. The van der Waals surface area contributed by atoms with Crippen LogP contribution in [-0.4, -0.2) is 30.1 Å². The van der Waals surface area contributed by atoms with Crippen LogP contribution in [0.3, 0.4) is 0 Å². The van der Waals surface area contributed by atoms with Gasteiger partial charge < -0.3 is 15.8 Å². The van der Waals surface area contributed by atoms with E-state index in [1.807, 2.05) is 13.8 Å². The number of rotatable bonds is 6. The Morgan fingerprint density at radius 3 is 2.72 bits per heavy atom. The molecule has 0 spiro atoms. The van der Waals surface area contributed by atoms with Crippen molar-refractivity contribution in [3.8, 4) is 5.88 Å². The van der Waals surface area contributed by atoms with Gasteiger partial charge in [-0.3, -0.25) is 4.79 Å². The maximum atomic E-state index is 12.0. The first-order valence-electron chi connectivity index (χ1n) is 6.12. The monoisotopic (exact) mass is 251 g/mol.